The van der Waals surface area contributed by atoms with Crippen LogP contribution in [0.25, 0.3) is 243 Å². The minimum Gasteiger partial charge on any atom is -0.309 e. The fourth-order valence-corrected chi connectivity index (χ4v) is 19.8. The third-order valence-electron chi connectivity index (χ3n) is 25.8. The number of hydrogen-bond donors (Lipinski definition) is 0. The lowest BCUT2D eigenvalue weighted by molar-refractivity contribution is 1.17. The lowest BCUT2D eigenvalue weighted by atomic mass is 9.94. The zero-order valence-corrected chi connectivity index (χ0v) is 69.5. The summed E-state index contributed by atoms with van der Waals surface area (Å²) in [6.45, 7) is 0. The SMILES string of the molecule is c1ccc(-c2cc(-c3ccc(-n4c5ccccc5c5cc(-c6ccc7c(c6)c6ccccc6n7-c6ccc7c8ccccc8c8ccccc8c7c6)ccc54)cc3)nc(-c3ccccc3)n2)cc1.c1ccc(-c2cc(-c3ccc(-n4c5ccccc5c5cc(-c6ccc7c(c6)c6ccccc6n7-c6cccc7ccccc67)ccc54)cc3)nc(-c3ccccc3)n2)cc1. The first-order valence-electron chi connectivity index (χ1n) is 43.6. The Kier molecular flexibility index (Phi) is 17.5. The number of benzene rings is 20. The molecule has 0 atom stereocenters. The van der Waals surface area contributed by atoms with Crippen molar-refractivity contribution in [2.45, 2.75) is 0 Å². The normalized spacial score (nSPS) is 11.8. The van der Waals surface area contributed by atoms with Crippen LogP contribution in [-0.2, 0) is 0 Å². The molecule has 0 saturated carbocycles. The van der Waals surface area contributed by atoms with Crippen LogP contribution in [0.2, 0.25) is 0 Å². The lowest BCUT2D eigenvalue weighted by Crippen LogP contribution is -1.97. The summed E-state index contributed by atoms with van der Waals surface area (Å²) in [6.07, 6.45) is 0. The molecule has 0 bridgehead atoms. The number of para-hydroxylation sites is 4. The first-order valence-corrected chi connectivity index (χ1v) is 43.6. The molecule has 0 saturated heterocycles. The van der Waals surface area contributed by atoms with Crippen LogP contribution in [0.3, 0.4) is 0 Å². The van der Waals surface area contributed by atoms with E-state index in [4.69, 9.17) is 19.9 Å². The fourth-order valence-electron chi connectivity index (χ4n) is 19.8. The third-order valence-corrected chi connectivity index (χ3v) is 25.8. The van der Waals surface area contributed by atoms with E-state index in [1.54, 1.807) is 0 Å². The molecule has 0 unspecified atom stereocenters. The van der Waals surface area contributed by atoms with Gasteiger partial charge in [0, 0.05) is 98.9 Å². The van der Waals surface area contributed by atoms with Gasteiger partial charge in [0.2, 0.25) is 0 Å². The van der Waals surface area contributed by atoms with Gasteiger partial charge in [-0.1, -0.05) is 334 Å². The van der Waals surface area contributed by atoms with Gasteiger partial charge >= 0.3 is 0 Å². The molecule has 8 nitrogen and oxygen atoms in total. The molecule has 26 aromatic rings. The highest BCUT2D eigenvalue weighted by atomic mass is 15.0. The molecule has 20 aromatic carbocycles. The van der Waals surface area contributed by atoms with Crippen molar-refractivity contribution in [1.82, 2.24) is 38.2 Å². The minimum atomic E-state index is 0.710. The smallest absolute Gasteiger partial charge is 0.160 e. The van der Waals surface area contributed by atoms with Crippen molar-refractivity contribution in [3.63, 3.8) is 0 Å². The van der Waals surface area contributed by atoms with Gasteiger partial charge in [-0.15, -0.1) is 0 Å². The maximum absolute atomic E-state index is 5.09. The second-order valence-electron chi connectivity index (χ2n) is 33.1. The van der Waals surface area contributed by atoms with E-state index >= 15 is 0 Å². The van der Waals surface area contributed by atoms with Crippen LogP contribution in [0, 0.1) is 0 Å². The summed E-state index contributed by atoms with van der Waals surface area (Å²) < 4.78 is 9.63. The van der Waals surface area contributed by atoms with E-state index < -0.39 is 0 Å². The van der Waals surface area contributed by atoms with E-state index in [2.05, 4.69) is 431 Å². The number of fused-ring (bicyclic) bond motifs is 19. The molecule has 6 aromatic heterocycles. The Balaban J connectivity index is 0.000000140. The molecule has 26 rings (SSSR count). The summed E-state index contributed by atoms with van der Waals surface area (Å²) in [5.74, 6) is 1.42. The number of nitrogens with zero attached hydrogens (tertiary/aromatic N) is 8. The summed E-state index contributed by atoms with van der Waals surface area (Å²) >= 11 is 0. The van der Waals surface area contributed by atoms with Crippen LogP contribution >= 0.6 is 0 Å². The van der Waals surface area contributed by atoms with Crippen molar-refractivity contribution >= 4 is 130 Å². The molecule has 8 heteroatoms. The third kappa shape index (κ3) is 12.4. The van der Waals surface area contributed by atoms with Crippen molar-refractivity contribution in [3.8, 4) is 113 Å². The number of rotatable bonds is 12. The highest BCUT2D eigenvalue weighted by molar-refractivity contribution is 6.26. The molecule has 0 aliphatic heterocycles. The fraction of sp³-hybridized carbons (Fsp3) is 0. The van der Waals surface area contributed by atoms with Gasteiger partial charge in [0.05, 0.1) is 72.6 Å². The summed E-state index contributed by atoms with van der Waals surface area (Å²) in [5.41, 5.74) is 28.5. The van der Waals surface area contributed by atoms with Gasteiger partial charge in [-0.3, -0.25) is 0 Å². The zero-order chi connectivity index (χ0) is 84.3. The van der Waals surface area contributed by atoms with Crippen LogP contribution in [0.15, 0.2) is 461 Å². The molecular weight excluding hydrogens is 1550 g/mol. The quantitative estimate of drug-likeness (QED) is 0.114. The zero-order valence-electron chi connectivity index (χ0n) is 69.5. The number of aromatic nitrogens is 8. The molecule has 0 aliphatic rings. The molecule has 6 heterocycles. The van der Waals surface area contributed by atoms with Gasteiger partial charge < -0.3 is 18.3 Å². The molecule has 0 spiro atoms. The molecule has 128 heavy (non-hydrogen) atoms. The van der Waals surface area contributed by atoms with E-state index in [1.807, 2.05) is 48.5 Å². The van der Waals surface area contributed by atoms with E-state index in [-0.39, 0.29) is 0 Å². The lowest BCUT2D eigenvalue weighted by Gasteiger charge is -2.14. The van der Waals surface area contributed by atoms with Gasteiger partial charge in [-0.2, -0.15) is 0 Å². The monoisotopic (exact) mass is 1630 g/mol. The molecular formula is C120H76N8. The molecule has 596 valence electrons. The van der Waals surface area contributed by atoms with Gasteiger partial charge in [0.25, 0.3) is 0 Å². The molecule has 0 aliphatic carbocycles. The number of hydrogen-bond acceptors (Lipinski definition) is 4. The maximum atomic E-state index is 5.09. The van der Waals surface area contributed by atoms with Crippen molar-refractivity contribution in [1.29, 1.82) is 0 Å². The van der Waals surface area contributed by atoms with Crippen LogP contribution in [-0.4, -0.2) is 38.2 Å². The Bertz CT molecular complexity index is 8760. The van der Waals surface area contributed by atoms with Gasteiger partial charge in [-0.05, 0) is 187 Å². The van der Waals surface area contributed by atoms with E-state index in [0.717, 1.165) is 78.7 Å². The van der Waals surface area contributed by atoms with Gasteiger partial charge in [0.15, 0.2) is 11.6 Å². The van der Waals surface area contributed by atoms with Crippen molar-refractivity contribution < 1.29 is 0 Å². The standard InChI is InChI=1S/C64H40N4.C56H36N4/c1-3-15-41(16-4-1)58-40-59(66-64(65-58)43-17-5-2-6-18-43)42-27-31-46(32-28-42)67-60-25-13-11-23-53(60)56-37-44(29-35-62(56)67)45-30-36-63-57(38-45)54-24-12-14-26-61(54)68(63)47-33-34-52-50-21-8-7-19-48(50)49-20-9-10-22-51(49)55(52)39-47;1-3-15-38(16-4-1)49-36-50(58-56(57-49)40-17-5-2-6-18-40)39-26-30-43(31-27-39)59-52-23-11-9-21-45(52)47-34-41(28-32-54(47)59)42-29-33-55-48(35-42)46-22-10-12-24-53(46)60(55)51-25-13-19-37-14-7-8-20-44(37)51/h1-40H;1-36H. The Labute approximate surface area is 737 Å². The summed E-state index contributed by atoms with van der Waals surface area (Å²) in [7, 11) is 0. The minimum absolute atomic E-state index is 0.710. The maximum Gasteiger partial charge on any atom is 0.160 e. The average Bonchev–Trinajstić information content (AvgIpc) is 1.50. The molecule has 0 amide bonds. The summed E-state index contributed by atoms with van der Waals surface area (Å²) in [5, 5.41) is 20.0. The predicted molar refractivity (Wildman–Crippen MR) is 535 cm³/mol. The van der Waals surface area contributed by atoms with Gasteiger partial charge in [0.1, 0.15) is 0 Å². The van der Waals surface area contributed by atoms with Crippen molar-refractivity contribution in [2.75, 3.05) is 0 Å². The van der Waals surface area contributed by atoms with Crippen LogP contribution in [0.4, 0.5) is 0 Å². The Hall–Kier alpha value is -17.2. The van der Waals surface area contributed by atoms with Crippen LogP contribution in [0.1, 0.15) is 0 Å². The second kappa shape index (κ2) is 30.4. The van der Waals surface area contributed by atoms with Gasteiger partial charge in [-0.25, -0.2) is 19.9 Å². The average molecular weight is 1630 g/mol. The second-order valence-corrected chi connectivity index (χ2v) is 33.1. The summed E-state index contributed by atoms with van der Waals surface area (Å²) in [4.78, 5) is 20.2. The highest BCUT2D eigenvalue weighted by Gasteiger charge is 2.23. The van der Waals surface area contributed by atoms with E-state index in [9.17, 15) is 0 Å². The van der Waals surface area contributed by atoms with Crippen LogP contribution < -0.4 is 0 Å². The molecule has 0 radical (unpaired) electrons. The largest absolute Gasteiger partial charge is 0.309 e. The van der Waals surface area contributed by atoms with Crippen molar-refractivity contribution in [3.05, 3.63) is 461 Å². The Morgan fingerprint density at radius 1 is 0.133 bits per heavy atom. The van der Waals surface area contributed by atoms with Crippen molar-refractivity contribution in [2.24, 2.45) is 0 Å². The first-order chi connectivity index (χ1) is 63.5. The molecule has 0 N–H and O–H groups in total. The Morgan fingerprint density at radius 3 is 0.773 bits per heavy atom. The van der Waals surface area contributed by atoms with Crippen LogP contribution in [0.5, 0.6) is 0 Å². The topological polar surface area (TPSA) is 71.3 Å². The predicted octanol–water partition coefficient (Wildman–Crippen LogP) is 31.3. The van der Waals surface area contributed by atoms with E-state index in [0.29, 0.717) is 11.6 Å². The first kappa shape index (κ1) is 73.5. The summed E-state index contributed by atoms with van der Waals surface area (Å²) in [6, 6.07) is 166. The van der Waals surface area contributed by atoms with E-state index in [1.165, 1.54) is 153 Å². The highest BCUT2D eigenvalue weighted by Crippen LogP contribution is 2.45. The Morgan fingerprint density at radius 2 is 0.391 bits per heavy atom. The molecule has 0 fully saturated rings.